The van der Waals surface area contributed by atoms with Gasteiger partial charge in [-0.1, -0.05) is 6.07 Å². The van der Waals surface area contributed by atoms with Crippen LogP contribution in [-0.4, -0.2) is 54.0 Å². The molecule has 1 saturated carbocycles. The lowest BCUT2D eigenvalue weighted by Gasteiger charge is -2.36. The van der Waals surface area contributed by atoms with Crippen molar-refractivity contribution in [2.75, 3.05) is 26.8 Å². The number of methoxy groups -OCH3 is 1. The van der Waals surface area contributed by atoms with Gasteiger partial charge in [0.2, 0.25) is 5.91 Å². The van der Waals surface area contributed by atoms with E-state index in [0.29, 0.717) is 25.3 Å². The van der Waals surface area contributed by atoms with Gasteiger partial charge in [-0.05, 0) is 86.4 Å². The molecule has 1 saturated heterocycles. The Morgan fingerprint density at radius 1 is 1.14 bits per heavy atom. The van der Waals surface area contributed by atoms with Crippen LogP contribution in [0.25, 0.3) is 0 Å². The van der Waals surface area contributed by atoms with Crippen LogP contribution in [-0.2, 0) is 29.5 Å². The molecule has 35 heavy (non-hydrogen) atoms. The largest absolute Gasteiger partial charge is 0.385 e. The number of aromatic nitrogens is 1. The van der Waals surface area contributed by atoms with Crippen molar-refractivity contribution in [2.24, 2.45) is 13.0 Å². The maximum atomic E-state index is 14.0. The van der Waals surface area contributed by atoms with E-state index in [1.807, 2.05) is 23.1 Å². The molecule has 2 aliphatic rings. The van der Waals surface area contributed by atoms with Gasteiger partial charge < -0.3 is 19.5 Å². The van der Waals surface area contributed by atoms with E-state index < -0.39 is 0 Å². The Hall–Kier alpha value is -2.77. The van der Waals surface area contributed by atoms with Gasteiger partial charge in [0, 0.05) is 57.7 Å². The normalized spacial score (nSPS) is 20.0. The first-order valence-electron chi connectivity index (χ1n) is 12.7. The van der Waals surface area contributed by atoms with Crippen molar-refractivity contribution in [3.8, 4) is 0 Å². The monoisotopic (exact) mass is 479 g/mol. The van der Waals surface area contributed by atoms with Crippen molar-refractivity contribution < 1.29 is 14.3 Å². The Morgan fingerprint density at radius 2 is 1.91 bits per heavy atom. The van der Waals surface area contributed by atoms with Gasteiger partial charge in [-0.2, -0.15) is 0 Å². The smallest absolute Gasteiger partial charge is 0.250 e. The number of aryl methyl sites for hydroxylation is 2. The second-order valence-corrected chi connectivity index (χ2v) is 10.0. The van der Waals surface area contributed by atoms with E-state index in [9.17, 15) is 14.4 Å². The number of hydrogen-bond donors (Lipinski definition) is 1. The molecule has 1 aliphatic heterocycles. The number of Topliss-reactive ketones (excluding diaryl/α,β-unsaturated/α-hetero) is 1. The van der Waals surface area contributed by atoms with Gasteiger partial charge >= 0.3 is 0 Å². The van der Waals surface area contributed by atoms with E-state index in [0.717, 1.165) is 55.3 Å². The van der Waals surface area contributed by atoms with Crippen molar-refractivity contribution in [3.63, 3.8) is 0 Å². The van der Waals surface area contributed by atoms with E-state index in [1.54, 1.807) is 37.9 Å². The number of ether oxygens (including phenoxy) is 1. The second-order valence-electron chi connectivity index (χ2n) is 10.0. The molecule has 1 amide bonds. The lowest BCUT2D eigenvalue weighted by molar-refractivity contribution is -0.138. The highest BCUT2D eigenvalue weighted by molar-refractivity contribution is 5.94. The Balaban J connectivity index is 1.58. The summed E-state index contributed by atoms with van der Waals surface area (Å²) in [6.07, 6.45) is 6.35. The SMILES string of the molecule is COCCCc1cc(CN(C(=O)[C@@H]2CNCC[C@H]2c2ccn(C)c(=O)c2)C2CC2)cc(C(C)=O)c1. The molecule has 4 rings (SSSR count). The number of rotatable bonds is 10. The number of piperidine rings is 1. The summed E-state index contributed by atoms with van der Waals surface area (Å²) < 4.78 is 6.75. The fourth-order valence-electron chi connectivity index (χ4n) is 5.12. The summed E-state index contributed by atoms with van der Waals surface area (Å²) in [5.41, 5.74) is 3.69. The number of nitrogens with zero attached hydrogens (tertiary/aromatic N) is 2. The molecular weight excluding hydrogens is 442 g/mol. The number of hydrogen-bond acceptors (Lipinski definition) is 5. The average molecular weight is 480 g/mol. The minimum atomic E-state index is -0.214. The third kappa shape index (κ3) is 6.27. The van der Waals surface area contributed by atoms with Crippen LogP contribution >= 0.6 is 0 Å². The quantitative estimate of drug-likeness (QED) is 0.419. The first-order chi connectivity index (χ1) is 16.9. The molecule has 7 nitrogen and oxygen atoms in total. The Morgan fingerprint density at radius 3 is 2.60 bits per heavy atom. The highest BCUT2D eigenvalue weighted by Gasteiger charge is 2.40. The van der Waals surface area contributed by atoms with Crippen molar-refractivity contribution in [1.29, 1.82) is 0 Å². The van der Waals surface area contributed by atoms with Crippen molar-refractivity contribution >= 4 is 11.7 Å². The van der Waals surface area contributed by atoms with Gasteiger partial charge in [0.15, 0.2) is 5.78 Å². The molecule has 0 bridgehead atoms. The predicted molar refractivity (Wildman–Crippen MR) is 136 cm³/mol. The second kappa shape index (κ2) is 11.3. The number of amides is 1. The Kier molecular flexibility index (Phi) is 8.19. The molecule has 2 aromatic rings. The number of carbonyl (C=O) groups excluding carboxylic acids is 2. The number of carbonyl (C=O) groups is 2. The molecule has 0 spiro atoms. The van der Waals surface area contributed by atoms with E-state index in [1.165, 1.54) is 0 Å². The van der Waals surface area contributed by atoms with Crippen LogP contribution in [0.4, 0.5) is 0 Å². The van der Waals surface area contributed by atoms with Crippen LogP contribution in [0.2, 0.25) is 0 Å². The third-order valence-electron chi connectivity index (χ3n) is 7.25. The number of ketones is 1. The molecule has 7 heteroatoms. The molecule has 1 aromatic heterocycles. The molecule has 2 atom stereocenters. The van der Waals surface area contributed by atoms with Gasteiger partial charge in [-0.3, -0.25) is 14.4 Å². The summed E-state index contributed by atoms with van der Waals surface area (Å²) in [7, 11) is 3.43. The summed E-state index contributed by atoms with van der Waals surface area (Å²) in [4.78, 5) is 40.5. The van der Waals surface area contributed by atoms with Crippen LogP contribution in [0, 0.1) is 5.92 Å². The molecule has 0 unspecified atom stereocenters. The number of nitrogens with one attached hydrogen (secondary N) is 1. The number of pyridine rings is 1. The van der Waals surface area contributed by atoms with E-state index >= 15 is 0 Å². The van der Waals surface area contributed by atoms with Crippen LogP contribution in [0.5, 0.6) is 0 Å². The Labute approximate surface area is 207 Å². The molecule has 1 aliphatic carbocycles. The van der Waals surface area contributed by atoms with Gasteiger partial charge in [0.25, 0.3) is 5.56 Å². The van der Waals surface area contributed by atoms with Crippen molar-refractivity contribution in [1.82, 2.24) is 14.8 Å². The maximum Gasteiger partial charge on any atom is 0.250 e. The zero-order valence-electron chi connectivity index (χ0n) is 21.1. The van der Waals surface area contributed by atoms with E-state index in [4.69, 9.17) is 4.74 Å². The molecule has 2 heterocycles. The minimum Gasteiger partial charge on any atom is -0.385 e. The zero-order valence-corrected chi connectivity index (χ0v) is 21.1. The topological polar surface area (TPSA) is 80.6 Å². The fraction of sp³-hybridized carbons (Fsp3) is 0.536. The third-order valence-corrected chi connectivity index (χ3v) is 7.25. The summed E-state index contributed by atoms with van der Waals surface area (Å²) in [6, 6.07) is 9.92. The molecular formula is C28H37N3O4. The van der Waals surface area contributed by atoms with Gasteiger partial charge in [-0.25, -0.2) is 0 Å². The van der Waals surface area contributed by atoms with Crippen molar-refractivity contribution in [3.05, 3.63) is 69.1 Å². The molecule has 0 radical (unpaired) electrons. The molecule has 2 fully saturated rings. The summed E-state index contributed by atoms with van der Waals surface area (Å²) in [5.74, 6) is -0.0217. The molecule has 188 valence electrons. The average Bonchev–Trinajstić information content (AvgIpc) is 3.69. The summed E-state index contributed by atoms with van der Waals surface area (Å²) >= 11 is 0. The summed E-state index contributed by atoms with van der Waals surface area (Å²) in [5, 5.41) is 3.39. The van der Waals surface area contributed by atoms with Crippen LogP contribution in [0.3, 0.4) is 0 Å². The van der Waals surface area contributed by atoms with Gasteiger partial charge in [-0.15, -0.1) is 0 Å². The van der Waals surface area contributed by atoms with Crippen LogP contribution in [0.1, 0.15) is 65.6 Å². The van der Waals surface area contributed by atoms with Gasteiger partial charge in [0.1, 0.15) is 0 Å². The highest BCUT2D eigenvalue weighted by atomic mass is 16.5. The highest BCUT2D eigenvalue weighted by Crippen LogP contribution is 2.36. The van der Waals surface area contributed by atoms with Crippen LogP contribution in [0.15, 0.2) is 41.3 Å². The fourth-order valence-corrected chi connectivity index (χ4v) is 5.12. The Bertz CT molecular complexity index is 1120. The predicted octanol–water partition coefficient (Wildman–Crippen LogP) is 3.05. The van der Waals surface area contributed by atoms with Crippen molar-refractivity contribution in [2.45, 2.75) is 57.5 Å². The van der Waals surface area contributed by atoms with Crippen LogP contribution < -0.4 is 10.9 Å². The first kappa shape index (κ1) is 25.3. The zero-order chi connectivity index (χ0) is 24.9. The number of benzene rings is 1. The lowest BCUT2D eigenvalue weighted by Crippen LogP contribution is -2.47. The van der Waals surface area contributed by atoms with E-state index in [-0.39, 0.29) is 35.1 Å². The molecule has 1 aromatic carbocycles. The first-order valence-corrected chi connectivity index (χ1v) is 12.7. The van der Waals surface area contributed by atoms with Gasteiger partial charge in [0.05, 0.1) is 5.92 Å². The maximum absolute atomic E-state index is 14.0. The summed E-state index contributed by atoms with van der Waals surface area (Å²) in [6.45, 7) is 4.20. The minimum absolute atomic E-state index is 0.0204. The molecule has 1 N–H and O–H groups in total. The lowest BCUT2D eigenvalue weighted by atomic mass is 9.80. The van der Waals surface area contributed by atoms with E-state index in [2.05, 4.69) is 11.4 Å². The standard InChI is InChI=1S/C28H37N3O4/c1-19(32)23-14-20(5-4-12-35-3)13-21(15-23)18-31(24-6-7-24)28(34)26-17-29-10-8-25(26)22-9-11-30(2)27(33)16-22/h9,11,13-16,24-26,29H,4-8,10,12,17-18H2,1-3H3/t25-,26+/m0/s1.